The van der Waals surface area contributed by atoms with Gasteiger partial charge in [0.15, 0.2) is 0 Å². The highest BCUT2D eigenvalue weighted by Gasteiger charge is 2.26. The van der Waals surface area contributed by atoms with E-state index in [1.807, 2.05) is 18.6 Å². The molecular weight excluding hydrogens is 238 g/mol. The first kappa shape index (κ1) is 10.7. The number of benzene rings is 1. The zero-order valence-corrected chi connectivity index (χ0v) is 10.8. The van der Waals surface area contributed by atoms with Crippen molar-refractivity contribution in [2.24, 2.45) is 0 Å². The van der Waals surface area contributed by atoms with E-state index in [-0.39, 0.29) is 0 Å². The highest BCUT2D eigenvalue weighted by atomic mass is 16.5. The maximum absolute atomic E-state index is 5.32. The molecule has 0 aliphatic heterocycles. The van der Waals surface area contributed by atoms with E-state index in [0.29, 0.717) is 6.04 Å². The molecule has 1 saturated carbocycles. The van der Waals surface area contributed by atoms with Gasteiger partial charge in [0.05, 0.1) is 25.3 Å². The molecule has 0 atom stereocenters. The topological polar surface area (TPSA) is 42.8 Å². The quantitative estimate of drug-likeness (QED) is 0.777. The summed E-state index contributed by atoms with van der Waals surface area (Å²) in [7, 11) is 1.70. The van der Waals surface area contributed by atoms with Crippen LogP contribution >= 0.6 is 0 Å². The van der Waals surface area contributed by atoms with Crippen LogP contribution in [0.15, 0.2) is 36.9 Å². The molecule has 1 aliphatic rings. The fraction of sp³-hybridized carbons (Fsp3) is 0.267. The van der Waals surface area contributed by atoms with Crippen molar-refractivity contribution < 1.29 is 4.74 Å². The molecule has 2 heterocycles. The lowest BCUT2D eigenvalue weighted by molar-refractivity contribution is 0.415. The molecule has 4 heteroatoms. The third-order valence-corrected chi connectivity index (χ3v) is 3.77. The predicted molar refractivity (Wildman–Crippen MR) is 74.3 cm³/mol. The number of imidazole rings is 1. The van der Waals surface area contributed by atoms with E-state index in [0.717, 1.165) is 11.3 Å². The van der Waals surface area contributed by atoms with Gasteiger partial charge in [0.1, 0.15) is 5.75 Å². The van der Waals surface area contributed by atoms with Gasteiger partial charge in [0.2, 0.25) is 0 Å². The van der Waals surface area contributed by atoms with E-state index in [2.05, 4.69) is 32.9 Å². The fourth-order valence-corrected chi connectivity index (χ4v) is 2.60. The van der Waals surface area contributed by atoms with E-state index >= 15 is 0 Å². The van der Waals surface area contributed by atoms with Gasteiger partial charge in [-0.05, 0) is 31.0 Å². The molecule has 3 aromatic rings. The van der Waals surface area contributed by atoms with Crippen molar-refractivity contribution >= 4 is 10.9 Å². The summed E-state index contributed by atoms with van der Waals surface area (Å²) < 4.78 is 7.60. The maximum atomic E-state index is 5.32. The Morgan fingerprint density at radius 1 is 1.37 bits per heavy atom. The molecule has 0 amide bonds. The van der Waals surface area contributed by atoms with E-state index in [9.17, 15) is 0 Å². The largest absolute Gasteiger partial charge is 0.497 e. The Bertz CT molecular complexity index is 737. The first-order valence-electron chi connectivity index (χ1n) is 6.54. The van der Waals surface area contributed by atoms with Crippen molar-refractivity contribution in [2.75, 3.05) is 7.11 Å². The van der Waals surface area contributed by atoms with E-state index in [4.69, 9.17) is 4.74 Å². The Balaban J connectivity index is 1.92. The van der Waals surface area contributed by atoms with Crippen LogP contribution in [-0.2, 0) is 0 Å². The maximum Gasteiger partial charge on any atom is 0.119 e. The first-order valence-corrected chi connectivity index (χ1v) is 6.54. The number of H-pyrrole nitrogens is 1. The number of aromatic nitrogens is 3. The van der Waals surface area contributed by atoms with Gasteiger partial charge >= 0.3 is 0 Å². The van der Waals surface area contributed by atoms with Crippen LogP contribution in [0, 0.1) is 0 Å². The van der Waals surface area contributed by atoms with Crippen molar-refractivity contribution in [3.63, 3.8) is 0 Å². The zero-order valence-electron chi connectivity index (χ0n) is 10.8. The summed E-state index contributed by atoms with van der Waals surface area (Å²) >= 11 is 0. The van der Waals surface area contributed by atoms with Gasteiger partial charge in [-0.3, -0.25) is 0 Å². The third-order valence-electron chi connectivity index (χ3n) is 3.77. The molecule has 4 nitrogen and oxygen atoms in total. The van der Waals surface area contributed by atoms with Crippen LogP contribution < -0.4 is 4.74 Å². The van der Waals surface area contributed by atoms with Crippen LogP contribution in [0.1, 0.15) is 18.9 Å². The summed E-state index contributed by atoms with van der Waals surface area (Å²) in [4.78, 5) is 7.62. The number of hydrogen-bond donors (Lipinski definition) is 1. The fourth-order valence-electron chi connectivity index (χ4n) is 2.60. The second-order valence-corrected chi connectivity index (χ2v) is 5.03. The van der Waals surface area contributed by atoms with Crippen LogP contribution in [0.4, 0.5) is 0 Å². The molecule has 0 unspecified atom stereocenters. The number of nitrogens with one attached hydrogen (secondary N) is 1. The molecule has 4 rings (SSSR count). The molecule has 0 spiro atoms. The molecule has 0 saturated heterocycles. The van der Waals surface area contributed by atoms with Gasteiger partial charge in [-0.1, -0.05) is 0 Å². The minimum Gasteiger partial charge on any atom is -0.497 e. The predicted octanol–water partition coefficient (Wildman–Crippen LogP) is 3.37. The SMILES string of the molecule is COc1ccc2[nH]cc(-c3cncn3C3CC3)c2c1. The Kier molecular flexibility index (Phi) is 2.18. The van der Waals surface area contributed by atoms with Gasteiger partial charge in [0.25, 0.3) is 0 Å². The second kappa shape index (κ2) is 3.88. The highest BCUT2D eigenvalue weighted by Crippen LogP contribution is 2.40. The lowest BCUT2D eigenvalue weighted by Gasteiger charge is -2.06. The Morgan fingerprint density at radius 2 is 2.26 bits per heavy atom. The number of ether oxygens (including phenoxy) is 1. The number of rotatable bonds is 3. The molecule has 1 fully saturated rings. The van der Waals surface area contributed by atoms with E-state index in [1.165, 1.54) is 29.5 Å². The lowest BCUT2D eigenvalue weighted by atomic mass is 10.1. The van der Waals surface area contributed by atoms with Crippen LogP contribution in [-0.4, -0.2) is 21.6 Å². The Labute approximate surface area is 111 Å². The molecule has 1 aromatic carbocycles. The number of methoxy groups -OCH3 is 1. The van der Waals surface area contributed by atoms with Crippen molar-refractivity contribution in [1.82, 2.24) is 14.5 Å². The summed E-state index contributed by atoms with van der Waals surface area (Å²) in [6.45, 7) is 0. The van der Waals surface area contributed by atoms with Gasteiger partial charge < -0.3 is 14.3 Å². The van der Waals surface area contributed by atoms with Crippen molar-refractivity contribution in [1.29, 1.82) is 0 Å². The highest BCUT2D eigenvalue weighted by molar-refractivity contribution is 5.95. The van der Waals surface area contributed by atoms with Crippen LogP contribution in [0.5, 0.6) is 5.75 Å². The number of nitrogens with zero attached hydrogens (tertiary/aromatic N) is 2. The molecule has 1 N–H and O–H groups in total. The minimum absolute atomic E-state index is 0.632. The molecule has 96 valence electrons. The molecule has 0 radical (unpaired) electrons. The van der Waals surface area contributed by atoms with Crippen LogP contribution in [0.2, 0.25) is 0 Å². The smallest absolute Gasteiger partial charge is 0.119 e. The molecule has 19 heavy (non-hydrogen) atoms. The summed E-state index contributed by atoms with van der Waals surface area (Å²) in [5.74, 6) is 0.880. The standard InChI is InChI=1S/C15H15N3O/c1-19-11-4-5-14-12(6-11)13(7-17-14)15-8-16-9-18(15)10-2-3-10/h4-10,17H,2-3H2,1H3. The molecule has 1 aliphatic carbocycles. The van der Waals surface area contributed by atoms with E-state index in [1.54, 1.807) is 7.11 Å². The molecular formula is C15H15N3O. The monoisotopic (exact) mass is 253 g/mol. The summed E-state index contributed by atoms with van der Waals surface area (Å²) in [5, 5.41) is 1.18. The van der Waals surface area contributed by atoms with Crippen molar-refractivity contribution in [3.05, 3.63) is 36.9 Å². The number of aromatic amines is 1. The normalized spacial score (nSPS) is 15.0. The number of fused-ring (bicyclic) bond motifs is 1. The Hall–Kier alpha value is -2.23. The average molecular weight is 253 g/mol. The number of hydrogen-bond acceptors (Lipinski definition) is 2. The van der Waals surface area contributed by atoms with Crippen molar-refractivity contribution in [3.8, 4) is 17.0 Å². The van der Waals surface area contributed by atoms with Crippen molar-refractivity contribution in [2.45, 2.75) is 18.9 Å². The third kappa shape index (κ3) is 1.63. The van der Waals surface area contributed by atoms with Gasteiger partial charge in [-0.25, -0.2) is 4.98 Å². The molecule has 0 bridgehead atoms. The lowest BCUT2D eigenvalue weighted by Crippen LogP contribution is -1.93. The first-order chi connectivity index (χ1) is 9.36. The Morgan fingerprint density at radius 3 is 3.05 bits per heavy atom. The summed E-state index contributed by atoms with van der Waals surface area (Å²) in [6.07, 6.45) is 8.45. The van der Waals surface area contributed by atoms with Crippen LogP contribution in [0.3, 0.4) is 0 Å². The summed E-state index contributed by atoms with van der Waals surface area (Å²) in [6, 6.07) is 6.73. The summed E-state index contributed by atoms with van der Waals surface area (Å²) in [5.41, 5.74) is 3.50. The minimum atomic E-state index is 0.632. The van der Waals surface area contributed by atoms with Gasteiger partial charge in [-0.2, -0.15) is 0 Å². The average Bonchev–Trinajstić information content (AvgIpc) is 3.02. The van der Waals surface area contributed by atoms with E-state index < -0.39 is 0 Å². The van der Waals surface area contributed by atoms with Crippen LogP contribution in [0.25, 0.3) is 22.2 Å². The second-order valence-electron chi connectivity index (χ2n) is 5.03. The van der Waals surface area contributed by atoms with Gasteiger partial charge in [0, 0.05) is 28.7 Å². The van der Waals surface area contributed by atoms with Gasteiger partial charge in [-0.15, -0.1) is 0 Å². The zero-order chi connectivity index (χ0) is 12.8. The molecule has 2 aromatic heterocycles.